The number of amides is 2. The second kappa shape index (κ2) is 12.1. The minimum absolute atomic E-state index is 0.105. The van der Waals surface area contributed by atoms with Crippen molar-refractivity contribution >= 4 is 11.8 Å². The normalized spacial score (nSPS) is 14.6. The number of nitrogens with zero attached hydrogens (tertiary/aromatic N) is 5. The van der Waals surface area contributed by atoms with E-state index < -0.39 is 6.04 Å². The lowest BCUT2D eigenvalue weighted by molar-refractivity contribution is -0.143. The lowest BCUT2D eigenvalue weighted by Gasteiger charge is -2.33. The molecule has 5 rings (SSSR count). The molecule has 0 unspecified atom stereocenters. The van der Waals surface area contributed by atoms with Gasteiger partial charge in [0.05, 0.1) is 12.8 Å². The fourth-order valence-electron chi connectivity index (χ4n) is 4.98. The first-order valence-corrected chi connectivity index (χ1v) is 13.5. The average molecular weight is 527 g/mol. The number of aromatic nitrogens is 4. The van der Waals surface area contributed by atoms with Gasteiger partial charge in [0.25, 0.3) is 0 Å². The van der Waals surface area contributed by atoms with E-state index in [1.807, 2.05) is 62.4 Å². The van der Waals surface area contributed by atoms with E-state index in [2.05, 4.69) is 20.7 Å². The third kappa shape index (κ3) is 6.60. The molecule has 2 amide bonds. The summed E-state index contributed by atoms with van der Waals surface area (Å²) < 4.78 is 5.59. The highest BCUT2D eigenvalue weighted by molar-refractivity contribution is 5.89. The first-order valence-electron chi connectivity index (χ1n) is 13.5. The first kappa shape index (κ1) is 26.3. The molecule has 0 saturated heterocycles. The summed E-state index contributed by atoms with van der Waals surface area (Å²) in [6.45, 7) is 3.96. The molecule has 9 nitrogen and oxygen atoms in total. The molecular weight excluding hydrogens is 492 g/mol. The molecule has 1 aliphatic rings. The van der Waals surface area contributed by atoms with Crippen LogP contribution in [-0.2, 0) is 22.7 Å². The second-order valence-electron chi connectivity index (χ2n) is 10.3. The standard InChI is InChI=1S/C30H34N6O3/c1-21-10-14-23(15-11-21)28(30(38)31-25-7-4-3-5-8-25)35(19-26-9-6-18-39-26)27(37)20-36-33-29(32-34-36)24-16-12-22(2)13-17-24/h6,9-18,25,28H,3-5,7-8,19-20H2,1-2H3,(H,31,38)/t28-/m1/s1. The fraction of sp³-hybridized carbons (Fsp3) is 0.367. The average Bonchev–Trinajstić information content (AvgIpc) is 3.63. The second-order valence-corrected chi connectivity index (χ2v) is 10.3. The molecule has 1 aliphatic carbocycles. The maximum atomic E-state index is 13.9. The van der Waals surface area contributed by atoms with E-state index >= 15 is 0 Å². The van der Waals surface area contributed by atoms with Gasteiger partial charge in [-0.3, -0.25) is 9.59 Å². The van der Waals surface area contributed by atoms with Crippen molar-refractivity contribution in [3.63, 3.8) is 0 Å². The zero-order chi connectivity index (χ0) is 27.2. The van der Waals surface area contributed by atoms with Crippen LogP contribution < -0.4 is 5.32 Å². The number of tetrazole rings is 1. The Kier molecular flexibility index (Phi) is 8.15. The summed E-state index contributed by atoms with van der Waals surface area (Å²) >= 11 is 0. The molecule has 202 valence electrons. The summed E-state index contributed by atoms with van der Waals surface area (Å²) in [5.74, 6) is 0.504. The Labute approximate surface area is 228 Å². The van der Waals surface area contributed by atoms with Crippen molar-refractivity contribution in [1.29, 1.82) is 0 Å². The zero-order valence-electron chi connectivity index (χ0n) is 22.4. The Morgan fingerprint density at radius 1 is 1.00 bits per heavy atom. The predicted octanol–water partition coefficient (Wildman–Crippen LogP) is 4.77. The van der Waals surface area contributed by atoms with Crippen molar-refractivity contribution in [1.82, 2.24) is 30.4 Å². The molecule has 2 aromatic carbocycles. The quantitative estimate of drug-likeness (QED) is 0.337. The minimum Gasteiger partial charge on any atom is -0.467 e. The van der Waals surface area contributed by atoms with Gasteiger partial charge in [-0.15, -0.1) is 10.2 Å². The SMILES string of the molecule is Cc1ccc(-c2nnn(CC(=O)N(Cc3ccco3)[C@@H](C(=O)NC3CCCCC3)c3ccc(C)cc3)n2)cc1. The van der Waals surface area contributed by atoms with E-state index in [9.17, 15) is 9.59 Å². The maximum Gasteiger partial charge on any atom is 0.247 e. The first-order chi connectivity index (χ1) is 19.0. The summed E-state index contributed by atoms with van der Waals surface area (Å²) in [5.41, 5.74) is 3.75. The number of carbonyl (C=O) groups excluding carboxylic acids is 2. The van der Waals surface area contributed by atoms with Crippen molar-refractivity contribution < 1.29 is 14.0 Å². The Bertz CT molecular complexity index is 1370. The zero-order valence-corrected chi connectivity index (χ0v) is 22.4. The monoisotopic (exact) mass is 526 g/mol. The van der Waals surface area contributed by atoms with Gasteiger partial charge in [0, 0.05) is 11.6 Å². The van der Waals surface area contributed by atoms with Gasteiger partial charge in [-0.1, -0.05) is 78.9 Å². The van der Waals surface area contributed by atoms with Crippen LogP contribution in [0.1, 0.15) is 60.6 Å². The van der Waals surface area contributed by atoms with Gasteiger partial charge in [0.15, 0.2) is 0 Å². The molecule has 1 saturated carbocycles. The van der Waals surface area contributed by atoms with Crippen LogP contribution in [0.5, 0.6) is 0 Å². The van der Waals surface area contributed by atoms with Crippen LogP contribution in [0.2, 0.25) is 0 Å². The molecule has 2 aromatic heterocycles. The van der Waals surface area contributed by atoms with E-state index in [1.54, 1.807) is 23.3 Å². The molecule has 0 radical (unpaired) electrons. The van der Waals surface area contributed by atoms with Crippen molar-refractivity contribution in [2.24, 2.45) is 0 Å². The maximum absolute atomic E-state index is 13.9. The number of carbonyl (C=O) groups is 2. The Balaban J connectivity index is 1.44. The number of benzene rings is 2. The molecule has 0 bridgehead atoms. The van der Waals surface area contributed by atoms with E-state index in [-0.39, 0.29) is 30.9 Å². The summed E-state index contributed by atoms with van der Waals surface area (Å²) in [6, 6.07) is 18.4. The van der Waals surface area contributed by atoms with Crippen LogP contribution in [0.15, 0.2) is 71.3 Å². The molecule has 2 heterocycles. The van der Waals surface area contributed by atoms with Gasteiger partial charge in [0.1, 0.15) is 18.3 Å². The van der Waals surface area contributed by atoms with E-state index in [1.165, 1.54) is 11.2 Å². The van der Waals surface area contributed by atoms with Gasteiger partial charge in [0.2, 0.25) is 17.6 Å². The summed E-state index contributed by atoms with van der Waals surface area (Å²) in [4.78, 5) is 30.6. The van der Waals surface area contributed by atoms with Crippen molar-refractivity contribution in [2.75, 3.05) is 0 Å². The number of nitrogens with one attached hydrogen (secondary N) is 1. The highest BCUT2D eigenvalue weighted by Gasteiger charge is 2.34. The number of furan rings is 1. The Morgan fingerprint density at radius 3 is 2.36 bits per heavy atom. The molecule has 0 aliphatic heterocycles. The number of hydrogen-bond acceptors (Lipinski definition) is 6. The highest BCUT2D eigenvalue weighted by Crippen LogP contribution is 2.27. The van der Waals surface area contributed by atoms with Gasteiger partial charge in [-0.05, 0) is 49.6 Å². The van der Waals surface area contributed by atoms with Gasteiger partial charge in [-0.25, -0.2) is 0 Å². The molecule has 1 fully saturated rings. The van der Waals surface area contributed by atoms with E-state index in [0.717, 1.165) is 47.9 Å². The van der Waals surface area contributed by atoms with Crippen LogP contribution in [0.3, 0.4) is 0 Å². The molecule has 1 N–H and O–H groups in total. The van der Waals surface area contributed by atoms with Gasteiger partial charge >= 0.3 is 0 Å². The third-order valence-electron chi connectivity index (χ3n) is 7.17. The predicted molar refractivity (Wildman–Crippen MR) is 146 cm³/mol. The van der Waals surface area contributed by atoms with E-state index in [4.69, 9.17) is 4.42 Å². The van der Waals surface area contributed by atoms with Crippen molar-refractivity contribution in [3.8, 4) is 11.4 Å². The molecule has 39 heavy (non-hydrogen) atoms. The van der Waals surface area contributed by atoms with Crippen LogP contribution in [0.25, 0.3) is 11.4 Å². The smallest absolute Gasteiger partial charge is 0.247 e. The topological polar surface area (TPSA) is 106 Å². The molecule has 1 atom stereocenters. The van der Waals surface area contributed by atoms with Crippen molar-refractivity contribution in [3.05, 3.63) is 89.4 Å². The summed E-state index contributed by atoms with van der Waals surface area (Å²) in [7, 11) is 0. The molecule has 9 heteroatoms. The third-order valence-corrected chi connectivity index (χ3v) is 7.17. The Hall–Kier alpha value is -4.27. The number of hydrogen-bond donors (Lipinski definition) is 1. The van der Waals surface area contributed by atoms with Gasteiger partial charge in [-0.2, -0.15) is 4.80 Å². The van der Waals surface area contributed by atoms with E-state index in [0.29, 0.717) is 11.6 Å². The lowest BCUT2D eigenvalue weighted by atomic mass is 9.94. The fourth-order valence-corrected chi connectivity index (χ4v) is 4.98. The largest absolute Gasteiger partial charge is 0.467 e. The lowest BCUT2D eigenvalue weighted by Crippen LogP contribution is -2.47. The minimum atomic E-state index is -0.842. The molecular formula is C30H34N6O3. The van der Waals surface area contributed by atoms with Crippen LogP contribution in [0, 0.1) is 13.8 Å². The molecule has 0 spiro atoms. The molecule has 4 aromatic rings. The van der Waals surface area contributed by atoms with Crippen LogP contribution >= 0.6 is 0 Å². The summed E-state index contributed by atoms with van der Waals surface area (Å²) in [5, 5.41) is 15.9. The number of aryl methyl sites for hydroxylation is 2. The summed E-state index contributed by atoms with van der Waals surface area (Å²) in [6.07, 6.45) is 6.83. The van der Waals surface area contributed by atoms with Crippen LogP contribution in [-0.4, -0.2) is 43.0 Å². The number of rotatable bonds is 9. The highest BCUT2D eigenvalue weighted by atomic mass is 16.3. The Morgan fingerprint density at radius 2 is 1.69 bits per heavy atom. The van der Waals surface area contributed by atoms with Gasteiger partial charge < -0.3 is 14.6 Å². The van der Waals surface area contributed by atoms with Crippen molar-refractivity contribution in [2.45, 2.75) is 71.1 Å². The van der Waals surface area contributed by atoms with Crippen LogP contribution in [0.4, 0.5) is 0 Å².